The van der Waals surface area contributed by atoms with Crippen molar-refractivity contribution in [1.29, 1.82) is 0 Å². The Labute approximate surface area is 129 Å². The monoisotopic (exact) mass is 367 g/mol. The molecular weight excluding hydrogens is 351 g/mol. The number of nitrogens with one attached hydrogen (secondary N) is 1. The number of alkyl halides is 1. The fourth-order valence-corrected chi connectivity index (χ4v) is 2.65. The van der Waals surface area contributed by atoms with Crippen LogP contribution in [0.25, 0.3) is 0 Å². The van der Waals surface area contributed by atoms with Crippen LogP contribution in [0.1, 0.15) is 36.5 Å². The molecule has 1 unspecified atom stereocenters. The third-order valence-electron chi connectivity index (χ3n) is 3.14. The molecule has 0 aliphatic heterocycles. The first-order valence-electron chi connectivity index (χ1n) is 6.62. The van der Waals surface area contributed by atoms with Gasteiger partial charge in [-0.1, -0.05) is 29.3 Å². The van der Waals surface area contributed by atoms with Crippen LogP contribution in [0.4, 0.5) is 13.2 Å². The number of phenols is 1. The van der Waals surface area contributed by atoms with Crippen molar-refractivity contribution in [2.24, 2.45) is 5.92 Å². The molecule has 0 aliphatic carbocycles. The van der Waals surface area contributed by atoms with Crippen molar-refractivity contribution in [3.05, 3.63) is 29.1 Å². The molecule has 0 fully saturated rings. The van der Waals surface area contributed by atoms with Crippen LogP contribution in [0.3, 0.4) is 0 Å². The van der Waals surface area contributed by atoms with Gasteiger partial charge in [-0.05, 0) is 24.8 Å². The molecule has 118 valence electrons. The summed E-state index contributed by atoms with van der Waals surface area (Å²) in [7, 11) is 0. The van der Waals surface area contributed by atoms with Crippen LogP contribution >= 0.6 is 15.9 Å². The van der Waals surface area contributed by atoms with Crippen LogP contribution in [0.15, 0.2) is 6.07 Å². The SMILES string of the molecule is CCCC(CCBr)CNC(=O)c1cc(F)c(F)c(O)c1F. The van der Waals surface area contributed by atoms with E-state index < -0.39 is 34.7 Å². The summed E-state index contributed by atoms with van der Waals surface area (Å²) in [5, 5.41) is 12.3. The maximum Gasteiger partial charge on any atom is 0.254 e. The van der Waals surface area contributed by atoms with Gasteiger partial charge < -0.3 is 10.4 Å². The van der Waals surface area contributed by atoms with Crippen LogP contribution in [0.5, 0.6) is 5.75 Å². The van der Waals surface area contributed by atoms with Gasteiger partial charge in [-0.15, -0.1) is 0 Å². The van der Waals surface area contributed by atoms with Crippen LogP contribution in [-0.4, -0.2) is 22.9 Å². The number of hydrogen-bond acceptors (Lipinski definition) is 2. The molecule has 7 heteroatoms. The molecule has 1 rings (SSSR count). The van der Waals surface area contributed by atoms with Crippen molar-refractivity contribution in [3.63, 3.8) is 0 Å². The zero-order chi connectivity index (χ0) is 16.0. The van der Waals surface area contributed by atoms with E-state index in [0.717, 1.165) is 24.6 Å². The highest BCUT2D eigenvalue weighted by molar-refractivity contribution is 9.09. The highest BCUT2D eigenvalue weighted by atomic mass is 79.9. The average molecular weight is 368 g/mol. The van der Waals surface area contributed by atoms with Gasteiger partial charge in [0.05, 0.1) is 5.56 Å². The van der Waals surface area contributed by atoms with Gasteiger partial charge in [0.25, 0.3) is 5.91 Å². The van der Waals surface area contributed by atoms with Gasteiger partial charge in [0.15, 0.2) is 17.4 Å². The van der Waals surface area contributed by atoms with E-state index in [1.54, 1.807) is 0 Å². The fraction of sp³-hybridized carbons (Fsp3) is 0.500. The maximum absolute atomic E-state index is 13.6. The predicted molar refractivity (Wildman–Crippen MR) is 77.1 cm³/mol. The fourth-order valence-electron chi connectivity index (χ4n) is 2.00. The van der Waals surface area contributed by atoms with Gasteiger partial charge in [0.2, 0.25) is 5.82 Å². The molecule has 0 aliphatic rings. The number of benzene rings is 1. The molecule has 0 radical (unpaired) electrons. The number of phenolic OH excluding ortho intramolecular Hbond substituents is 1. The Hall–Kier alpha value is -1.24. The van der Waals surface area contributed by atoms with Gasteiger partial charge in [0.1, 0.15) is 0 Å². The molecule has 1 atom stereocenters. The second kappa shape index (κ2) is 8.26. The third kappa shape index (κ3) is 4.62. The summed E-state index contributed by atoms with van der Waals surface area (Å²) in [5.74, 6) is -6.78. The Kier molecular flexibility index (Phi) is 7.01. The van der Waals surface area contributed by atoms with E-state index in [1.165, 1.54) is 0 Å². The van der Waals surface area contributed by atoms with E-state index in [2.05, 4.69) is 21.2 Å². The van der Waals surface area contributed by atoms with E-state index in [4.69, 9.17) is 5.11 Å². The van der Waals surface area contributed by atoms with Crippen molar-refractivity contribution < 1.29 is 23.1 Å². The minimum absolute atomic E-state index is 0.209. The number of halogens is 4. The summed E-state index contributed by atoms with van der Waals surface area (Å²) in [6, 6.07) is 0.443. The summed E-state index contributed by atoms with van der Waals surface area (Å²) in [5.41, 5.74) is -0.708. The lowest BCUT2D eigenvalue weighted by Gasteiger charge is -2.16. The van der Waals surface area contributed by atoms with E-state index in [-0.39, 0.29) is 5.92 Å². The Morgan fingerprint density at radius 1 is 1.33 bits per heavy atom. The first kappa shape index (κ1) is 17.8. The smallest absolute Gasteiger partial charge is 0.254 e. The Bertz CT molecular complexity index is 505. The quantitative estimate of drug-likeness (QED) is 0.569. The van der Waals surface area contributed by atoms with Crippen molar-refractivity contribution in [1.82, 2.24) is 5.32 Å². The lowest BCUT2D eigenvalue weighted by atomic mass is 10.0. The second-order valence-electron chi connectivity index (χ2n) is 4.72. The predicted octanol–water partition coefficient (Wildman–Crippen LogP) is 3.74. The Balaban J connectivity index is 2.80. The van der Waals surface area contributed by atoms with E-state index in [9.17, 15) is 18.0 Å². The van der Waals surface area contributed by atoms with Crippen molar-refractivity contribution in [2.45, 2.75) is 26.2 Å². The van der Waals surface area contributed by atoms with Gasteiger partial charge >= 0.3 is 0 Å². The number of amides is 1. The summed E-state index contributed by atoms with van der Waals surface area (Å²) in [4.78, 5) is 11.8. The largest absolute Gasteiger partial charge is 0.503 e. The van der Waals surface area contributed by atoms with Crippen LogP contribution in [0, 0.1) is 23.4 Å². The van der Waals surface area contributed by atoms with Crippen LogP contribution in [0.2, 0.25) is 0 Å². The van der Waals surface area contributed by atoms with E-state index in [0.29, 0.717) is 12.6 Å². The molecule has 1 aromatic rings. The molecular formula is C14H17BrF3NO2. The molecule has 0 bridgehead atoms. The highest BCUT2D eigenvalue weighted by Gasteiger charge is 2.22. The number of aromatic hydroxyl groups is 1. The maximum atomic E-state index is 13.6. The minimum atomic E-state index is -1.70. The van der Waals surface area contributed by atoms with Crippen molar-refractivity contribution in [2.75, 3.05) is 11.9 Å². The number of carbonyl (C=O) groups is 1. The first-order chi connectivity index (χ1) is 9.92. The number of hydrogen-bond donors (Lipinski definition) is 2. The second-order valence-corrected chi connectivity index (χ2v) is 5.52. The lowest BCUT2D eigenvalue weighted by molar-refractivity contribution is 0.0940. The van der Waals surface area contributed by atoms with Crippen molar-refractivity contribution >= 4 is 21.8 Å². The summed E-state index contributed by atoms with van der Waals surface area (Å²) >= 11 is 3.31. The number of carbonyl (C=O) groups excluding carboxylic acids is 1. The zero-order valence-electron chi connectivity index (χ0n) is 11.6. The molecule has 0 saturated carbocycles. The summed E-state index contributed by atoms with van der Waals surface area (Å²) in [6.07, 6.45) is 2.66. The molecule has 21 heavy (non-hydrogen) atoms. The molecule has 0 spiro atoms. The molecule has 0 heterocycles. The topological polar surface area (TPSA) is 49.3 Å². The van der Waals surface area contributed by atoms with Gasteiger partial charge in [0, 0.05) is 11.9 Å². The van der Waals surface area contributed by atoms with Crippen LogP contribution < -0.4 is 5.32 Å². The summed E-state index contributed by atoms with van der Waals surface area (Å²) < 4.78 is 39.7. The standard InChI is InChI=1S/C14H17BrF3NO2/c1-2-3-8(4-5-15)7-19-14(21)9-6-10(16)12(18)13(20)11(9)17/h6,8,20H,2-5,7H2,1H3,(H,19,21). The lowest BCUT2D eigenvalue weighted by Crippen LogP contribution is -2.30. The third-order valence-corrected chi connectivity index (χ3v) is 3.60. The zero-order valence-corrected chi connectivity index (χ0v) is 13.1. The molecule has 1 amide bonds. The molecule has 3 nitrogen and oxygen atoms in total. The van der Waals surface area contributed by atoms with Crippen LogP contribution in [-0.2, 0) is 0 Å². The minimum Gasteiger partial charge on any atom is -0.503 e. The van der Waals surface area contributed by atoms with Gasteiger partial charge in [-0.2, -0.15) is 4.39 Å². The molecule has 0 saturated heterocycles. The normalized spacial score (nSPS) is 12.2. The average Bonchev–Trinajstić information content (AvgIpc) is 2.46. The van der Waals surface area contributed by atoms with E-state index >= 15 is 0 Å². The van der Waals surface area contributed by atoms with E-state index in [1.807, 2.05) is 6.92 Å². The first-order valence-corrected chi connectivity index (χ1v) is 7.75. The molecule has 0 aromatic heterocycles. The summed E-state index contributed by atoms with van der Waals surface area (Å²) in [6.45, 7) is 2.31. The molecule has 2 N–H and O–H groups in total. The Morgan fingerprint density at radius 3 is 2.57 bits per heavy atom. The van der Waals surface area contributed by atoms with Gasteiger partial charge in [-0.3, -0.25) is 4.79 Å². The van der Waals surface area contributed by atoms with Gasteiger partial charge in [-0.25, -0.2) is 8.78 Å². The van der Waals surface area contributed by atoms with Crippen molar-refractivity contribution in [3.8, 4) is 5.75 Å². The highest BCUT2D eigenvalue weighted by Crippen LogP contribution is 2.25. The number of rotatable bonds is 7. The molecule has 1 aromatic carbocycles. The Morgan fingerprint density at radius 2 is 2.00 bits per heavy atom.